The van der Waals surface area contributed by atoms with Gasteiger partial charge in [0, 0.05) is 12.1 Å². The minimum Gasteiger partial charge on any atom is -0.477 e. The number of carbonyl (C=O) groups is 1. The fraction of sp³-hybridized carbons (Fsp3) is 0.316. The molecule has 0 aliphatic heterocycles. The van der Waals surface area contributed by atoms with Gasteiger partial charge >= 0.3 is 12.6 Å². The molecule has 0 radical (unpaired) electrons. The Labute approximate surface area is 157 Å². The predicted molar refractivity (Wildman–Crippen MR) is 96.1 cm³/mol. The Balaban J connectivity index is 2.02. The van der Waals surface area contributed by atoms with E-state index in [1.54, 1.807) is 16.7 Å². The van der Waals surface area contributed by atoms with Gasteiger partial charge in [-0.1, -0.05) is 13.8 Å². The van der Waals surface area contributed by atoms with Gasteiger partial charge in [-0.25, -0.2) is 9.78 Å². The minimum absolute atomic E-state index is 0.0492. The van der Waals surface area contributed by atoms with Gasteiger partial charge in [-0.15, -0.1) is 0 Å². The Morgan fingerprint density at radius 1 is 1.43 bits per heavy atom. The third kappa shape index (κ3) is 2.74. The van der Waals surface area contributed by atoms with E-state index >= 15 is 0 Å². The maximum absolute atomic E-state index is 12.8. The summed E-state index contributed by atoms with van der Waals surface area (Å²) < 4.78 is 31.9. The number of aromatic amines is 1. The molecule has 0 saturated carbocycles. The van der Waals surface area contributed by atoms with Gasteiger partial charge in [-0.2, -0.15) is 8.78 Å². The van der Waals surface area contributed by atoms with Gasteiger partial charge in [0.2, 0.25) is 0 Å². The molecule has 1 atom stereocenters. The van der Waals surface area contributed by atoms with Crippen molar-refractivity contribution in [3.63, 3.8) is 0 Å². The van der Waals surface area contributed by atoms with Crippen LogP contribution >= 0.6 is 0 Å². The highest BCUT2D eigenvalue weighted by molar-refractivity contribution is 5.88. The average Bonchev–Trinajstić information content (AvgIpc) is 3.01. The molecule has 9 heteroatoms. The SMILES string of the molecule is CC(C)[C@H]1Cc2cc(C(=O)O)c(=O)[nH]c2-c2nc3c(OC(F)F)cccn3c21. The van der Waals surface area contributed by atoms with E-state index in [-0.39, 0.29) is 28.8 Å². The number of hydrogen-bond acceptors (Lipinski definition) is 4. The molecule has 3 heterocycles. The maximum Gasteiger partial charge on any atom is 0.387 e. The van der Waals surface area contributed by atoms with Gasteiger partial charge < -0.3 is 14.8 Å². The molecule has 3 aromatic heterocycles. The first kappa shape index (κ1) is 18.1. The third-order valence-corrected chi connectivity index (χ3v) is 5.05. The van der Waals surface area contributed by atoms with E-state index < -0.39 is 18.1 Å². The van der Waals surface area contributed by atoms with Crippen molar-refractivity contribution in [2.24, 2.45) is 5.92 Å². The van der Waals surface area contributed by atoms with Crippen LogP contribution in [0.2, 0.25) is 0 Å². The van der Waals surface area contributed by atoms with Crippen LogP contribution in [0, 0.1) is 5.92 Å². The zero-order valence-corrected chi connectivity index (χ0v) is 15.1. The highest BCUT2D eigenvalue weighted by atomic mass is 19.3. The number of carboxylic acid groups (broad SMARTS) is 1. The lowest BCUT2D eigenvalue weighted by molar-refractivity contribution is -0.0491. The molecule has 0 unspecified atom stereocenters. The molecule has 7 nitrogen and oxygen atoms in total. The van der Waals surface area contributed by atoms with Crippen LogP contribution < -0.4 is 10.3 Å². The van der Waals surface area contributed by atoms with Crippen LogP contribution in [0.4, 0.5) is 8.78 Å². The summed E-state index contributed by atoms with van der Waals surface area (Å²) in [6.45, 7) is 1.04. The number of aromatic nitrogens is 3. The fourth-order valence-corrected chi connectivity index (χ4v) is 3.78. The number of H-pyrrole nitrogens is 1. The molecule has 0 bridgehead atoms. The number of alkyl halides is 2. The molecule has 0 saturated heterocycles. The van der Waals surface area contributed by atoms with Gasteiger partial charge in [-0.05, 0) is 36.1 Å². The quantitative estimate of drug-likeness (QED) is 0.714. The lowest BCUT2D eigenvalue weighted by Crippen LogP contribution is -2.24. The Bertz CT molecular complexity index is 1150. The zero-order chi connectivity index (χ0) is 20.2. The second kappa shape index (κ2) is 6.43. The number of imidazole rings is 1. The number of nitrogens with zero attached hydrogens (tertiary/aromatic N) is 2. The zero-order valence-electron chi connectivity index (χ0n) is 15.1. The third-order valence-electron chi connectivity index (χ3n) is 5.05. The summed E-state index contributed by atoms with van der Waals surface area (Å²) in [6, 6.07) is 4.37. The summed E-state index contributed by atoms with van der Waals surface area (Å²) >= 11 is 0. The molecule has 1 aliphatic carbocycles. The number of halogens is 2. The first-order valence-corrected chi connectivity index (χ1v) is 8.73. The summed E-state index contributed by atoms with van der Waals surface area (Å²) in [5.74, 6) is -1.27. The summed E-state index contributed by atoms with van der Waals surface area (Å²) in [7, 11) is 0. The van der Waals surface area contributed by atoms with Gasteiger partial charge in [-0.3, -0.25) is 9.20 Å². The number of pyridine rings is 2. The predicted octanol–water partition coefficient (Wildman–Crippen LogP) is 3.28. The van der Waals surface area contributed by atoms with Crippen molar-refractivity contribution in [1.29, 1.82) is 0 Å². The number of fused-ring (bicyclic) bond motifs is 5. The van der Waals surface area contributed by atoms with Crippen molar-refractivity contribution < 1.29 is 23.4 Å². The Hall–Kier alpha value is -3.23. The molecular weight excluding hydrogens is 372 g/mol. The number of hydrogen-bond donors (Lipinski definition) is 2. The van der Waals surface area contributed by atoms with E-state index in [9.17, 15) is 23.5 Å². The van der Waals surface area contributed by atoms with E-state index in [0.29, 0.717) is 23.4 Å². The number of carboxylic acids is 1. The first-order valence-electron chi connectivity index (χ1n) is 8.73. The first-order chi connectivity index (χ1) is 13.3. The molecule has 0 aromatic carbocycles. The minimum atomic E-state index is -2.99. The van der Waals surface area contributed by atoms with Crippen LogP contribution in [0.15, 0.2) is 29.2 Å². The summed E-state index contributed by atoms with van der Waals surface area (Å²) in [4.78, 5) is 30.6. The monoisotopic (exact) mass is 389 g/mol. The van der Waals surface area contributed by atoms with Crippen molar-refractivity contribution in [1.82, 2.24) is 14.4 Å². The molecule has 146 valence electrons. The number of ether oxygens (including phenoxy) is 1. The smallest absolute Gasteiger partial charge is 0.387 e. The molecule has 0 amide bonds. The van der Waals surface area contributed by atoms with Crippen molar-refractivity contribution in [2.45, 2.75) is 32.8 Å². The van der Waals surface area contributed by atoms with Crippen molar-refractivity contribution in [3.8, 4) is 17.1 Å². The molecule has 0 spiro atoms. The van der Waals surface area contributed by atoms with Crippen LogP contribution in [0.25, 0.3) is 17.0 Å². The van der Waals surface area contributed by atoms with Gasteiger partial charge in [0.25, 0.3) is 5.56 Å². The number of nitrogens with one attached hydrogen (secondary N) is 1. The van der Waals surface area contributed by atoms with E-state index in [0.717, 1.165) is 5.69 Å². The number of aromatic carboxylic acids is 1. The van der Waals surface area contributed by atoms with Gasteiger partial charge in [0.15, 0.2) is 11.4 Å². The molecule has 1 aliphatic rings. The van der Waals surface area contributed by atoms with Crippen LogP contribution in [0.5, 0.6) is 5.75 Å². The van der Waals surface area contributed by atoms with Crippen LogP contribution in [0.3, 0.4) is 0 Å². The van der Waals surface area contributed by atoms with Gasteiger partial charge in [0.05, 0.1) is 11.4 Å². The van der Waals surface area contributed by atoms with E-state index in [4.69, 9.17) is 0 Å². The van der Waals surface area contributed by atoms with Crippen molar-refractivity contribution in [3.05, 3.63) is 51.6 Å². The summed E-state index contributed by atoms with van der Waals surface area (Å²) in [5, 5.41) is 9.24. The summed E-state index contributed by atoms with van der Waals surface area (Å²) in [5.41, 5.74) is 1.43. The Morgan fingerprint density at radius 3 is 2.82 bits per heavy atom. The van der Waals surface area contributed by atoms with E-state index in [1.165, 1.54) is 12.1 Å². The topological polar surface area (TPSA) is 96.7 Å². The second-order valence-corrected chi connectivity index (χ2v) is 7.06. The molecule has 3 aromatic rings. The molecule has 2 N–H and O–H groups in total. The largest absolute Gasteiger partial charge is 0.477 e. The lowest BCUT2D eigenvalue weighted by atomic mass is 9.80. The Kier molecular flexibility index (Phi) is 4.17. The van der Waals surface area contributed by atoms with Crippen molar-refractivity contribution >= 4 is 11.6 Å². The van der Waals surface area contributed by atoms with Crippen LogP contribution in [-0.4, -0.2) is 32.1 Å². The van der Waals surface area contributed by atoms with Crippen LogP contribution in [-0.2, 0) is 6.42 Å². The van der Waals surface area contributed by atoms with E-state index in [1.807, 2.05) is 13.8 Å². The lowest BCUT2D eigenvalue weighted by Gasteiger charge is -2.27. The maximum atomic E-state index is 12.8. The van der Waals surface area contributed by atoms with E-state index in [2.05, 4.69) is 14.7 Å². The van der Waals surface area contributed by atoms with Crippen LogP contribution in [0.1, 0.15) is 41.4 Å². The number of rotatable bonds is 4. The molecule has 28 heavy (non-hydrogen) atoms. The Morgan fingerprint density at radius 2 is 2.18 bits per heavy atom. The standard InChI is InChI=1S/C19H17F2N3O4/c1-8(2)10-6-9-7-11(18(26)27)17(25)23-13(9)14-15(10)24-5-3-4-12(16(24)22-14)28-19(20)21/h3-5,7-8,10,19H,6H2,1-2H3,(H,23,25)(H,26,27)/t10-/m1/s1. The second-order valence-electron chi connectivity index (χ2n) is 7.06. The molecular formula is C19H17F2N3O4. The molecule has 0 fully saturated rings. The van der Waals surface area contributed by atoms with Gasteiger partial charge in [0.1, 0.15) is 11.3 Å². The summed E-state index contributed by atoms with van der Waals surface area (Å²) in [6.07, 6.45) is 2.20. The average molecular weight is 389 g/mol. The highest BCUT2D eigenvalue weighted by Gasteiger charge is 2.33. The normalized spacial score (nSPS) is 15.7. The highest BCUT2D eigenvalue weighted by Crippen LogP contribution is 2.43. The molecule has 4 rings (SSSR count). The fourth-order valence-electron chi connectivity index (χ4n) is 3.78. The van der Waals surface area contributed by atoms with Crippen molar-refractivity contribution in [2.75, 3.05) is 0 Å².